The molecule has 14 heteroatoms. The second-order valence-electron chi connectivity index (χ2n) is 19.4. The van der Waals surface area contributed by atoms with Crippen LogP contribution in [0.2, 0.25) is 0 Å². The zero-order valence-electron chi connectivity index (χ0n) is 38.5. The maximum absolute atomic E-state index is 13.8. The molecule has 4 aliphatic rings. The molecule has 4 N–H and O–H groups in total. The highest BCUT2D eigenvalue weighted by Gasteiger charge is 2.42. The molecule has 4 heterocycles. The lowest BCUT2D eigenvalue weighted by atomic mass is 9.82. The number of methoxy groups -OCH3 is 2. The number of aromatic amines is 2. The third-order valence-corrected chi connectivity index (χ3v) is 14.6. The Bertz CT molecular complexity index is 2590. The van der Waals surface area contributed by atoms with Gasteiger partial charge in [-0.25, -0.2) is 19.6 Å². The van der Waals surface area contributed by atoms with E-state index >= 15 is 0 Å². The van der Waals surface area contributed by atoms with Crippen LogP contribution < -0.4 is 10.6 Å². The van der Waals surface area contributed by atoms with E-state index in [1.165, 1.54) is 67.7 Å². The van der Waals surface area contributed by atoms with Crippen LogP contribution in [0.25, 0.3) is 44.5 Å². The van der Waals surface area contributed by atoms with E-state index < -0.39 is 24.3 Å². The van der Waals surface area contributed by atoms with Crippen LogP contribution in [-0.4, -0.2) is 93.1 Å². The molecule has 4 amide bonds. The maximum atomic E-state index is 13.8. The number of benzene rings is 3. The second kappa shape index (κ2) is 18.0. The summed E-state index contributed by atoms with van der Waals surface area (Å²) < 4.78 is 9.63. The highest BCUT2D eigenvalue weighted by Crippen LogP contribution is 2.53. The molecule has 14 nitrogen and oxygen atoms in total. The van der Waals surface area contributed by atoms with Crippen molar-refractivity contribution in [2.45, 2.75) is 116 Å². The first-order valence-electron chi connectivity index (χ1n) is 23.5. The highest BCUT2D eigenvalue weighted by atomic mass is 16.5. The van der Waals surface area contributed by atoms with Crippen molar-refractivity contribution in [1.29, 1.82) is 0 Å². The average molecular weight is 883 g/mol. The van der Waals surface area contributed by atoms with Gasteiger partial charge in [-0.3, -0.25) is 9.59 Å². The minimum Gasteiger partial charge on any atom is -0.453 e. The Labute approximate surface area is 380 Å². The molecule has 9 rings (SSSR count). The topological polar surface area (TPSA) is 175 Å². The molecular formula is C51H62N8O6. The number of ether oxygens (including phenoxy) is 2. The second-order valence-corrected chi connectivity index (χ2v) is 19.4. The van der Waals surface area contributed by atoms with Gasteiger partial charge in [-0.15, -0.1) is 0 Å². The molecule has 0 radical (unpaired) electrons. The van der Waals surface area contributed by atoms with Gasteiger partial charge in [-0.2, -0.15) is 0 Å². The zero-order chi connectivity index (χ0) is 45.6. The Morgan fingerprint density at radius 2 is 1.20 bits per heavy atom. The fourth-order valence-electron chi connectivity index (χ4n) is 11.2. The van der Waals surface area contributed by atoms with Gasteiger partial charge in [0.25, 0.3) is 0 Å². The molecule has 1 unspecified atom stereocenters. The van der Waals surface area contributed by atoms with Crippen LogP contribution in [-0.2, 0) is 31.9 Å². The lowest BCUT2D eigenvalue weighted by Crippen LogP contribution is -2.51. The molecule has 5 aromatic rings. The van der Waals surface area contributed by atoms with Crippen LogP contribution in [0.3, 0.4) is 0 Å². The van der Waals surface area contributed by atoms with Gasteiger partial charge in [-0.1, -0.05) is 83.0 Å². The van der Waals surface area contributed by atoms with E-state index in [-0.39, 0.29) is 35.7 Å². The summed E-state index contributed by atoms with van der Waals surface area (Å²) >= 11 is 0. The van der Waals surface area contributed by atoms with Crippen LogP contribution >= 0.6 is 0 Å². The fraction of sp³-hybridized carbons (Fsp3) is 0.490. The van der Waals surface area contributed by atoms with Crippen LogP contribution in [0.5, 0.6) is 0 Å². The zero-order valence-corrected chi connectivity index (χ0v) is 38.5. The number of amides is 4. The van der Waals surface area contributed by atoms with Gasteiger partial charge in [0.1, 0.15) is 23.7 Å². The SMILES string of the molecule is COC(=O)N[C@H](C(=O)N1CCCC1c1nc2ccc(-c3ccc(-c4ccc(-c5cnc([C@@H]6CCCN6C(=O)[C@@H](NC(=O)OC)C(C)C)[nH]5)cc4)c4c3CC3(CCCC3)C4)cc2[nH]1)C(C)C. The number of likely N-dealkylation sites (tertiary alicyclic amines) is 2. The van der Waals surface area contributed by atoms with Gasteiger partial charge in [0.2, 0.25) is 11.8 Å². The number of imidazole rings is 2. The average Bonchev–Trinajstić information content (AvgIpc) is 4.17. The van der Waals surface area contributed by atoms with E-state index in [0.29, 0.717) is 18.5 Å². The van der Waals surface area contributed by atoms with Crippen molar-refractivity contribution in [2.24, 2.45) is 17.3 Å². The summed E-state index contributed by atoms with van der Waals surface area (Å²) in [5.41, 5.74) is 11.8. The maximum Gasteiger partial charge on any atom is 0.407 e. The van der Waals surface area contributed by atoms with E-state index in [2.05, 4.69) is 75.2 Å². The Morgan fingerprint density at radius 1 is 0.677 bits per heavy atom. The number of alkyl carbamates (subject to hydrolysis) is 2. The van der Waals surface area contributed by atoms with Gasteiger partial charge >= 0.3 is 12.2 Å². The molecule has 2 aromatic heterocycles. The number of aromatic nitrogens is 4. The van der Waals surface area contributed by atoms with Gasteiger partial charge in [-0.05, 0) is 120 Å². The Hall–Kier alpha value is -6.18. The molecule has 2 aliphatic heterocycles. The lowest BCUT2D eigenvalue weighted by molar-refractivity contribution is -0.136. The number of hydrogen-bond donors (Lipinski definition) is 4. The van der Waals surface area contributed by atoms with E-state index in [1.807, 2.05) is 43.7 Å². The molecule has 2 saturated heterocycles. The predicted octanol–water partition coefficient (Wildman–Crippen LogP) is 9.03. The standard InChI is InChI=1S/C51H62N8O6/c1-29(2)43(56-49(62)64-5)47(60)58-23-9-11-41(58)45-52-28-40(55-45)32-15-13-31(14-16-32)34-18-19-35(37-27-51(26-36(34)37)21-7-8-22-51)33-17-20-38-39(25-33)54-46(53-38)42-12-10-24-59(42)48(61)44(30(3)4)57-50(63)65-6/h13-20,25,28-30,41-44H,7-12,21-24,26-27H2,1-6H3,(H,52,55)(H,53,54)(H,56,62)(H,57,63)/t41-,42?,43-,44-/m0/s1. The summed E-state index contributed by atoms with van der Waals surface area (Å²) in [6.45, 7) is 8.89. The molecule has 3 aromatic carbocycles. The largest absolute Gasteiger partial charge is 0.453 e. The summed E-state index contributed by atoms with van der Waals surface area (Å²) in [6, 6.07) is 18.0. The van der Waals surface area contributed by atoms with Gasteiger partial charge in [0.05, 0.1) is 49.2 Å². The van der Waals surface area contributed by atoms with Gasteiger partial charge < -0.3 is 39.9 Å². The number of rotatable bonds is 11. The van der Waals surface area contributed by atoms with Crippen molar-refractivity contribution in [3.05, 3.63) is 83.6 Å². The summed E-state index contributed by atoms with van der Waals surface area (Å²) in [5.74, 6) is 1.06. The van der Waals surface area contributed by atoms with Crippen molar-refractivity contribution in [3.63, 3.8) is 0 Å². The van der Waals surface area contributed by atoms with E-state index in [0.717, 1.165) is 78.0 Å². The number of fused-ring (bicyclic) bond motifs is 2. The van der Waals surface area contributed by atoms with Crippen molar-refractivity contribution in [2.75, 3.05) is 27.3 Å². The van der Waals surface area contributed by atoms with Crippen LogP contribution in [0.4, 0.5) is 9.59 Å². The lowest BCUT2D eigenvalue weighted by Gasteiger charge is -2.30. The molecule has 4 atom stereocenters. The number of carbonyl (C=O) groups is 4. The minimum absolute atomic E-state index is 0.104. The number of carbonyl (C=O) groups excluding carboxylic acids is 4. The van der Waals surface area contributed by atoms with E-state index in [9.17, 15) is 19.2 Å². The number of hydrogen-bond acceptors (Lipinski definition) is 8. The summed E-state index contributed by atoms with van der Waals surface area (Å²) in [7, 11) is 2.61. The quantitative estimate of drug-likeness (QED) is 0.102. The molecule has 0 bridgehead atoms. The predicted molar refractivity (Wildman–Crippen MR) is 249 cm³/mol. The number of nitrogens with zero attached hydrogens (tertiary/aromatic N) is 4. The Balaban J connectivity index is 0.964. The number of H-pyrrole nitrogens is 2. The van der Waals surface area contributed by atoms with E-state index in [1.54, 1.807) is 0 Å². The van der Waals surface area contributed by atoms with Crippen molar-refractivity contribution in [3.8, 4) is 33.5 Å². The Morgan fingerprint density at radius 3 is 1.75 bits per heavy atom. The highest BCUT2D eigenvalue weighted by molar-refractivity contribution is 5.88. The number of nitrogens with one attached hydrogen (secondary N) is 4. The smallest absolute Gasteiger partial charge is 0.407 e. The first-order valence-corrected chi connectivity index (χ1v) is 23.5. The van der Waals surface area contributed by atoms with Crippen LogP contribution in [0.1, 0.15) is 114 Å². The molecule has 2 aliphatic carbocycles. The summed E-state index contributed by atoms with van der Waals surface area (Å²) in [4.78, 5) is 72.3. The third-order valence-electron chi connectivity index (χ3n) is 14.6. The Kier molecular flexibility index (Phi) is 12.2. The molecular weight excluding hydrogens is 821 g/mol. The normalized spacial score (nSPS) is 19.9. The van der Waals surface area contributed by atoms with Gasteiger partial charge in [0, 0.05) is 13.1 Å². The first-order chi connectivity index (χ1) is 31.4. The monoisotopic (exact) mass is 882 g/mol. The van der Waals surface area contributed by atoms with Crippen LogP contribution in [0, 0.1) is 17.3 Å². The molecule has 65 heavy (non-hydrogen) atoms. The van der Waals surface area contributed by atoms with Gasteiger partial charge in [0.15, 0.2) is 0 Å². The molecule has 342 valence electrons. The summed E-state index contributed by atoms with van der Waals surface area (Å²) in [5, 5.41) is 5.47. The third kappa shape index (κ3) is 8.47. The van der Waals surface area contributed by atoms with Crippen LogP contribution in [0.15, 0.2) is 60.8 Å². The fourth-order valence-corrected chi connectivity index (χ4v) is 11.2. The first kappa shape index (κ1) is 44.0. The minimum atomic E-state index is -0.689. The van der Waals surface area contributed by atoms with E-state index in [4.69, 9.17) is 19.4 Å². The van der Waals surface area contributed by atoms with Crippen molar-refractivity contribution < 1.29 is 28.7 Å². The van der Waals surface area contributed by atoms with Crippen molar-refractivity contribution >= 4 is 35.0 Å². The molecule has 1 spiro atoms. The van der Waals surface area contributed by atoms with Crippen molar-refractivity contribution in [1.82, 2.24) is 40.4 Å². The summed E-state index contributed by atoms with van der Waals surface area (Å²) in [6.07, 6.45) is 11.1. The molecule has 3 fully saturated rings. The molecule has 1 saturated carbocycles.